The van der Waals surface area contributed by atoms with Gasteiger partial charge >= 0.3 is 0 Å². The molecule has 1 aromatic heterocycles. The normalized spacial score (nSPS) is 14.8. The van der Waals surface area contributed by atoms with Crippen molar-refractivity contribution in [2.24, 2.45) is 5.92 Å². The van der Waals surface area contributed by atoms with Crippen LogP contribution in [-0.4, -0.2) is 4.98 Å². The maximum atomic E-state index is 4.66. The lowest BCUT2D eigenvalue weighted by atomic mass is 9.83. The van der Waals surface area contributed by atoms with Crippen LogP contribution in [0.5, 0.6) is 0 Å². The van der Waals surface area contributed by atoms with Gasteiger partial charge in [0.2, 0.25) is 0 Å². The first-order valence-corrected chi connectivity index (χ1v) is 17.4. The number of hydrogen-bond donors (Lipinski definition) is 0. The molecule has 0 aliphatic heterocycles. The van der Waals surface area contributed by atoms with E-state index < -0.39 is 0 Å². The van der Waals surface area contributed by atoms with Crippen LogP contribution in [0.1, 0.15) is 31.4 Å². The zero-order chi connectivity index (χ0) is 33.1. The molecule has 1 aliphatic rings. The van der Waals surface area contributed by atoms with Gasteiger partial charge in [-0.1, -0.05) is 128 Å². The van der Waals surface area contributed by atoms with Gasteiger partial charge in [0.1, 0.15) is 0 Å². The molecule has 1 unspecified atom stereocenters. The highest BCUT2D eigenvalue weighted by atomic mass is 14.6. The van der Waals surface area contributed by atoms with E-state index in [9.17, 15) is 0 Å². The lowest BCUT2D eigenvalue weighted by Gasteiger charge is -2.22. The fourth-order valence-corrected chi connectivity index (χ4v) is 7.98. The Morgan fingerprint density at radius 3 is 1.88 bits per heavy atom. The molecule has 0 amide bonds. The van der Waals surface area contributed by atoms with Gasteiger partial charge in [-0.05, 0) is 139 Å². The fourth-order valence-electron chi connectivity index (χ4n) is 7.98. The number of fused-ring (bicyclic) bond motifs is 7. The Bertz CT molecular complexity index is 2630. The van der Waals surface area contributed by atoms with E-state index in [1.165, 1.54) is 93.4 Å². The topological polar surface area (TPSA) is 12.9 Å². The van der Waals surface area contributed by atoms with Crippen LogP contribution < -0.4 is 0 Å². The summed E-state index contributed by atoms with van der Waals surface area (Å²) in [6.07, 6.45) is 7.65. The molecule has 8 aromatic rings. The van der Waals surface area contributed by atoms with Gasteiger partial charge in [0.25, 0.3) is 0 Å². The van der Waals surface area contributed by atoms with E-state index in [1.54, 1.807) is 0 Å². The first-order valence-electron chi connectivity index (χ1n) is 17.4. The van der Waals surface area contributed by atoms with Gasteiger partial charge in [0, 0.05) is 11.6 Å². The zero-order valence-corrected chi connectivity index (χ0v) is 28.2. The average Bonchev–Trinajstić information content (AvgIpc) is 3.16. The molecule has 1 heteroatoms. The molecule has 0 radical (unpaired) electrons. The third-order valence-electron chi connectivity index (χ3n) is 10.8. The average molecular weight is 628 g/mol. The fraction of sp³-hybridized carbons (Fsp3) is 0.104. The zero-order valence-electron chi connectivity index (χ0n) is 28.2. The number of hydrogen-bond acceptors (Lipinski definition) is 1. The Morgan fingerprint density at radius 1 is 0.490 bits per heavy atom. The standard InChI is InChI=1S/C48H37N/c1-30-11-8-16-36(32(30)3)45-27-35(21-20-31(45)2)46-28-33(37-17-9-19-48-44(37)18-10-26-49-48)22-24-38(46)34-23-25-43-41-14-5-4-12-39(41)40-13-6-7-15-42(40)47(43)29-34/h4-10,12-30H,11H2,1-3H3. The quantitative estimate of drug-likeness (QED) is 0.177. The largest absolute Gasteiger partial charge is 0.256 e. The Balaban J connectivity index is 1.31. The molecule has 0 N–H and O–H groups in total. The number of aromatic nitrogens is 1. The van der Waals surface area contributed by atoms with Crippen molar-refractivity contribution in [3.8, 4) is 33.4 Å². The molecule has 0 fully saturated rings. The second kappa shape index (κ2) is 11.7. The summed E-state index contributed by atoms with van der Waals surface area (Å²) in [5, 5.41) is 8.92. The number of nitrogens with zero attached hydrogens (tertiary/aromatic N) is 1. The monoisotopic (exact) mass is 627 g/mol. The lowest BCUT2D eigenvalue weighted by molar-refractivity contribution is 0.690. The SMILES string of the molecule is CC1=C(c2cc(-c3cc(-c4cccc5ncccc45)ccc3-c3ccc4c5ccccc5c5ccccc5c4c3)ccc2C)C=CCC1C. The molecule has 234 valence electrons. The molecule has 1 aliphatic carbocycles. The molecule has 0 bridgehead atoms. The van der Waals surface area contributed by atoms with Crippen LogP contribution in [0, 0.1) is 12.8 Å². The molecule has 9 rings (SSSR count). The van der Waals surface area contributed by atoms with E-state index in [2.05, 4.69) is 165 Å². The third-order valence-corrected chi connectivity index (χ3v) is 10.8. The minimum atomic E-state index is 0.547. The van der Waals surface area contributed by atoms with Crippen molar-refractivity contribution < 1.29 is 0 Å². The maximum absolute atomic E-state index is 4.66. The summed E-state index contributed by atoms with van der Waals surface area (Å²) < 4.78 is 0. The van der Waals surface area contributed by atoms with E-state index in [0.29, 0.717) is 5.92 Å². The Kier molecular flexibility index (Phi) is 7.02. The van der Waals surface area contributed by atoms with Crippen LogP contribution in [0.25, 0.3) is 82.2 Å². The van der Waals surface area contributed by atoms with Gasteiger partial charge in [-0.2, -0.15) is 0 Å². The van der Waals surface area contributed by atoms with Gasteiger partial charge in [0.15, 0.2) is 0 Å². The van der Waals surface area contributed by atoms with Crippen LogP contribution in [0.4, 0.5) is 0 Å². The smallest absolute Gasteiger partial charge is 0.0708 e. The van der Waals surface area contributed by atoms with E-state index in [-0.39, 0.29) is 0 Å². The van der Waals surface area contributed by atoms with Crippen LogP contribution in [0.2, 0.25) is 0 Å². The predicted molar refractivity (Wildman–Crippen MR) is 211 cm³/mol. The molecule has 1 heterocycles. The van der Waals surface area contributed by atoms with Gasteiger partial charge in [-0.15, -0.1) is 0 Å². The van der Waals surface area contributed by atoms with E-state index in [1.807, 2.05) is 12.3 Å². The Morgan fingerprint density at radius 2 is 1.10 bits per heavy atom. The molecule has 1 atom stereocenters. The summed E-state index contributed by atoms with van der Waals surface area (Å²) in [5.41, 5.74) is 13.8. The van der Waals surface area contributed by atoms with Gasteiger partial charge in [0.05, 0.1) is 5.52 Å². The van der Waals surface area contributed by atoms with Crippen molar-refractivity contribution in [3.63, 3.8) is 0 Å². The minimum Gasteiger partial charge on any atom is -0.256 e. The number of benzene rings is 7. The molecule has 0 saturated carbocycles. The van der Waals surface area contributed by atoms with Crippen LogP contribution in [-0.2, 0) is 0 Å². The maximum Gasteiger partial charge on any atom is 0.0708 e. The first kappa shape index (κ1) is 29.4. The second-order valence-electron chi connectivity index (χ2n) is 13.7. The van der Waals surface area contributed by atoms with Crippen molar-refractivity contribution in [2.75, 3.05) is 0 Å². The highest BCUT2D eigenvalue weighted by Crippen LogP contribution is 2.43. The Labute approximate surface area is 287 Å². The lowest BCUT2D eigenvalue weighted by Crippen LogP contribution is -2.03. The van der Waals surface area contributed by atoms with E-state index >= 15 is 0 Å². The van der Waals surface area contributed by atoms with Crippen molar-refractivity contribution in [2.45, 2.75) is 27.2 Å². The summed E-state index contributed by atoms with van der Waals surface area (Å²) in [5.74, 6) is 0.547. The minimum absolute atomic E-state index is 0.547. The highest BCUT2D eigenvalue weighted by molar-refractivity contribution is 6.25. The predicted octanol–water partition coefficient (Wildman–Crippen LogP) is 13.4. The summed E-state index contributed by atoms with van der Waals surface area (Å²) in [6, 6.07) is 49.4. The van der Waals surface area contributed by atoms with E-state index in [4.69, 9.17) is 0 Å². The van der Waals surface area contributed by atoms with Crippen molar-refractivity contribution in [3.05, 3.63) is 169 Å². The number of allylic oxidation sites excluding steroid dienone is 4. The molecular weight excluding hydrogens is 591 g/mol. The summed E-state index contributed by atoms with van der Waals surface area (Å²) in [7, 11) is 0. The molecule has 0 spiro atoms. The van der Waals surface area contributed by atoms with E-state index in [0.717, 1.165) is 11.9 Å². The van der Waals surface area contributed by atoms with Crippen molar-refractivity contribution >= 4 is 48.8 Å². The summed E-state index contributed by atoms with van der Waals surface area (Å²) >= 11 is 0. The summed E-state index contributed by atoms with van der Waals surface area (Å²) in [4.78, 5) is 4.66. The molecular formula is C48H37N. The van der Waals surface area contributed by atoms with Crippen LogP contribution in [0.3, 0.4) is 0 Å². The van der Waals surface area contributed by atoms with Crippen LogP contribution >= 0.6 is 0 Å². The van der Waals surface area contributed by atoms with Gasteiger partial charge in [-0.3, -0.25) is 4.98 Å². The molecule has 0 saturated heterocycles. The Hall–Kier alpha value is -5.79. The summed E-state index contributed by atoms with van der Waals surface area (Å²) in [6.45, 7) is 6.89. The first-order chi connectivity index (χ1) is 24.0. The molecule has 1 nitrogen and oxygen atoms in total. The van der Waals surface area contributed by atoms with Crippen LogP contribution in [0.15, 0.2) is 157 Å². The number of pyridine rings is 1. The van der Waals surface area contributed by atoms with Gasteiger partial charge in [-0.25, -0.2) is 0 Å². The molecule has 7 aromatic carbocycles. The van der Waals surface area contributed by atoms with Gasteiger partial charge < -0.3 is 0 Å². The third kappa shape index (κ3) is 4.88. The van der Waals surface area contributed by atoms with Crippen molar-refractivity contribution in [1.29, 1.82) is 0 Å². The number of rotatable bonds is 4. The second-order valence-corrected chi connectivity index (χ2v) is 13.7. The number of aryl methyl sites for hydroxylation is 1. The highest BCUT2D eigenvalue weighted by Gasteiger charge is 2.18. The van der Waals surface area contributed by atoms with Crippen molar-refractivity contribution in [1.82, 2.24) is 4.98 Å². The molecule has 49 heavy (non-hydrogen) atoms.